The summed E-state index contributed by atoms with van der Waals surface area (Å²) in [7, 11) is 1.61. The number of nitrogens with zero attached hydrogens (tertiary/aromatic N) is 3. The van der Waals surface area contributed by atoms with Crippen LogP contribution in [0.3, 0.4) is 0 Å². The zero-order valence-corrected chi connectivity index (χ0v) is 17.0. The number of ether oxygens (including phenoxy) is 1. The Hall–Kier alpha value is -3.19. The van der Waals surface area contributed by atoms with Gasteiger partial charge in [0.1, 0.15) is 17.3 Å². The third-order valence-electron chi connectivity index (χ3n) is 5.31. The van der Waals surface area contributed by atoms with E-state index in [4.69, 9.17) is 4.74 Å². The van der Waals surface area contributed by atoms with E-state index in [9.17, 15) is 9.18 Å². The van der Waals surface area contributed by atoms with Gasteiger partial charge in [-0.1, -0.05) is 0 Å². The predicted molar refractivity (Wildman–Crippen MR) is 114 cm³/mol. The van der Waals surface area contributed by atoms with Crippen LogP contribution in [-0.2, 0) is 0 Å². The fourth-order valence-corrected chi connectivity index (χ4v) is 3.65. The number of hydrogen-bond donors (Lipinski definition) is 1. The van der Waals surface area contributed by atoms with Crippen LogP contribution in [0.15, 0.2) is 54.6 Å². The van der Waals surface area contributed by atoms with Crippen LogP contribution in [0.4, 0.5) is 4.39 Å². The summed E-state index contributed by atoms with van der Waals surface area (Å²) in [6, 6.07) is 15.2. The molecule has 0 unspecified atom stereocenters. The van der Waals surface area contributed by atoms with Crippen LogP contribution < -0.4 is 10.1 Å². The first-order valence-corrected chi connectivity index (χ1v) is 10.1. The molecule has 3 aromatic rings. The maximum absolute atomic E-state index is 13.4. The molecule has 4 rings (SSSR count). The van der Waals surface area contributed by atoms with E-state index in [-0.39, 0.29) is 11.7 Å². The quantitative estimate of drug-likeness (QED) is 0.650. The molecule has 30 heavy (non-hydrogen) atoms. The largest absolute Gasteiger partial charge is 0.497 e. The Morgan fingerprint density at radius 3 is 2.47 bits per heavy atom. The summed E-state index contributed by atoms with van der Waals surface area (Å²) in [6.07, 6.45) is 2.44. The third-order valence-corrected chi connectivity index (χ3v) is 5.31. The van der Waals surface area contributed by atoms with Gasteiger partial charge in [0.15, 0.2) is 0 Å². The highest BCUT2D eigenvalue weighted by atomic mass is 19.1. The molecule has 1 aliphatic heterocycles. The van der Waals surface area contributed by atoms with Crippen molar-refractivity contribution in [2.75, 3.05) is 33.3 Å². The third kappa shape index (κ3) is 4.52. The molecule has 7 heteroatoms. The van der Waals surface area contributed by atoms with Crippen LogP contribution in [0.2, 0.25) is 0 Å². The molecule has 6 nitrogen and oxygen atoms in total. The van der Waals surface area contributed by atoms with Gasteiger partial charge in [-0.05, 0) is 80.5 Å². The van der Waals surface area contributed by atoms with Crippen molar-refractivity contribution in [1.82, 2.24) is 20.0 Å². The SMILES string of the molecule is COc1ccc(-c2cc(C(=O)NCCN3CCCC3)n(-c3ccc(F)cc3)n2)cc1. The first-order chi connectivity index (χ1) is 14.6. The highest BCUT2D eigenvalue weighted by molar-refractivity contribution is 5.94. The molecule has 1 N–H and O–H groups in total. The number of carbonyl (C=O) groups excluding carboxylic acids is 1. The van der Waals surface area contributed by atoms with Crippen molar-refractivity contribution in [1.29, 1.82) is 0 Å². The summed E-state index contributed by atoms with van der Waals surface area (Å²) < 4.78 is 20.2. The van der Waals surface area contributed by atoms with E-state index in [1.165, 1.54) is 25.0 Å². The molecular weight excluding hydrogens is 383 g/mol. The molecule has 1 saturated heterocycles. The van der Waals surface area contributed by atoms with Crippen LogP contribution in [0, 0.1) is 5.82 Å². The molecule has 156 valence electrons. The molecule has 0 spiro atoms. The molecule has 1 aromatic heterocycles. The van der Waals surface area contributed by atoms with Crippen molar-refractivity contribution >= 4 is 5.91 Å². The first kappa shape index (κ1) is 20.1. The number of hydrogen-bond acceptors (Lipinski definition) is 4. The maximum atomic E-state index is 13.4. The van der Waals surface area contributed by atoms with E-state index >= 15 is 0 Å². The molecule has 0 atom stereocenters. The Kier molecular flexibility index (Phi) is 6.09. The fraction of sp³-hybridized carbons (Fsp3) is 0.304. The fourth-order valence-electron chi connectivity index (χ4n) is 3.65. The van der Waals surface area contributed by atoms with E-state index < -0.39 is 0 Å². The Morgan fingerprint density at radius 2 is 1.80 bits per heavy atom. The zero-order valence-electron chi connectivity index (χ0n) is 17.0. The van der Waals surface area contributed by atoms with E-state index in [1.807, 2.05) is 24.3 Å². The normalized spacial score (nSPS) is 14.1. The smallest absolute Gasteiger partial charge is 0.270 e. The molecule has 2 heterocycles. The lowest BCUT2D eigenvalue weighted by atomic mass is 10.1. The minimum Gasteiger partial charge on any atom is -0.497 e. The number of amides is 1. The van der Waals surface area contributed by atoms with Crippen LogP contribution in [0.1, 0.15) is 23.3 Å². The average Bonchev–Trinajstić information content (AvgIpc) is 3.44. The van der Waals surface area contributed by atoms with E-state index in [0.29, 0.717) is 23.6 Å². The summed E-state index contributed by atoms with van der Waals surface area (Å²) in [5.74, 6) is 0.209. The standard InChI is InChI=1S/C23H25FN4O2/c1-30-20-10-4-17(5-11-20)21-16-22(23(29)25-12-15-27-13-2-3-14-27)28(26-21)19-8-6-18(24)7-9-19/h4-11,16H,2-3,12-15H2,1H3,(H,25,29). The molecule has 2 aromatic carbocycles. The lowest BCUT2D eigenvalue weighted by molar-refractivity contribution is 0.0942. The van der Waals surface area contributed by atoms with Gasteiger partial charge in [-0.25, -0.2) is 9.07 Å². The minimum absolute atomic E-state index is 0.203. The van der Waals surface area contributed by atoms with E-state index in [0.717, 1.165) is 30.9 Å². The number of carbonyl (C=O) groups is 1. The van der Waals surface area contributed by atoms with Crippen LogP contribution in [0.25, 0.3) is 16.9 Å². The summed E-state index contributed by atoms with van der Waals surface area (Å²) in [5, 5.41) is 7.62. The van der Waals surface area contributed by atoms with Gasteiger partial charge in [0.25, 0.3) is 5.91 Å². The van der Waals surface area contributed by atoms with Crippen molar-refractivity contribution in [3.8, 4) is 22.7 Å². The predicted octanol–water partition coefficient (Wildman–Crippen LogP) is 3.51. The van der Waals surface area contributed by atoms with Crippen molar-refractivity contribution in [3.05, 3.63) is 66.1 Å². The van der Waals surface area contributed by atoms with Gasteiger partial charge >= 0.3 is 0 Å². The molecule has 0 aliphatic carbocycles. The second kappa shape index (κ2) is 9.09. The molecule has 0 bridgehead atoms. The second-order valence-electron chi connectivity index (χ2n) is 7.34. The topological polar surface area (TPSA) is 59.4 Å². The number of methoxy groups -OCH3 is 1. The Labute approximate surface area is 175 Å². The average molecular weight is 408 g/mol. The summed E-state index contributed by atoms with van der Waals surface area (Å²) in [4.78, 5) is 15.3. The van der Waals surface area contributed by atoms with Crippen molar-refractivity contribution in [2.45, 2.75) is 12.8 Å². The van der Waals surface area contributed by atoms with Crippen molar-refractivity contribution in [2.24, 2.45) is 0 Å². The molecule has 0 saturated carbocycles. The van der Waals surface area contributed by atoms with Gasteiger partial charge in [0.05, 0.1) is 18.5 Å². The van der Waals surface area contributed by atoms with E-state index in [1.54, 1.807) is 30.0 Å². The number of halogens is 1. The Bertz CT molecular complexity index is 993. The maximum Gasteiger partial charge on any atom is 0.270 e. The van der Waals surface area contributed by atoms with Gasteiger partial charge < -0.3 is 15.0 Å². The number of benzene rings is 2. The zero-order chi connectivity index (χ0) is 20.9. The van der Waals surface area contributed by atoms with Crippen molar-refractivity contribution < 1.29 is 13.9 Å². The molecule has 1 aliphatic rings. The second-order valence-corrected chi connectivity index (χ2v) is 7.34. The summed E-state index contributed by atoms with van der Waals surface area (Å²) >= 11 is 0. The minimum atomic E-state index is -0.335. The number of aromatic nitrogens is 2. The Balaban J connectivity index is 1.59. The van der Waals surface area contributed by atoms with Gasteiger partial charge in [-0.15, -0.1) is 0 Å². The van der Waals surface area contributed by atoms with Crippen LogP contribution in [-0.4, -0.2) is 53.9 Å². The van der Waals surface area contributed by atoms with E-state index in [2.05, 4.69) is 15.3 Å². The first-order valence-electron chi connectivity index (χ1n) is 10.1. The number of nitrogens with one attached hydrogen (secondary N) is 1. The van der Waals surface area contributed by atoms with Gasteiger partial charge in [-0.2, -0.15) is 5.10 Å². The monoisotopic (exact) mass is 408 g/mol. The molecular formula is C23H25FN4O2. The van der Waals surface area contributed by atoms with Gasteiger partial charge in [0.2, 0.25) is 0 Å². The number of rotatable bonds is 7. The summed E-state index contributed by atoms with van der Waals surface area (Å²) in [6.45, 7) is 3.59. The lowest BCUT2D eigenvalue weighted by Gasteiger charge is -2.15. The summed E-state index contributed by atoms with van der Waals surface area (Å²) in [5.41, 5.74) is 2.56. The number of likely N-dealkylation sites (tertiary alicyclic amines) is 1. The molecule has 1 fully saturated rings. The lowest BCUT2D eigenvalue weighted by Crippen LogP contribution is -2.34. The molecule has 0 radical (unpaired) electrons. The van der Waals surface area contributed by atoms with Crippen molar-refractivity contribution in [3.63, 3.8) is 0 Å². The van der Waals surface area contributed by atoms with Gasteiger partial charge in [-0.3, -0.25) is 4.79 Å². The van der Waals surface area contributed by atoms with Gasteiger partial charge in [0, 0.05) is 18.7 Å². The molecule has 1 amide bonds. The van der Waals surface area contributed by atoms with Crippen LogP contribution >= 0.6 is 0 Å². The van der Waals surface area contributed by atoms with Crippen LogP contribution in [0.5, 0.6) is 5.75 Å². The highest BCUT2D eigenvalue weighted by Crippen LogP contribution is 2.24. The highest BCUT2D eigenvalue weighted by Gasteiger charge is 2.18. The Morgan fingerprint density at radius 1 is 1.10 bits per heavy atom.